The standard InChI is InChI=1S/C25H26O2Si.C16H12O.C12H18N.C10H12.C6H3Cl2N.2C6H8N.C5H10.Mo.W/c1-17(2)28(3,4)27-23-16-8-12-19-10-6-14-21(25(19)23)20-13-5-9-18-11-7-15-22(26)24(18)20;17-15-11-5-9-13-8-4-10-14(16(13)15)12-6-2-1-3-7-12;1-8(2)10-6-5-7-11(9(3)4)12(10)13;1-10(2,3)9-7-5-4-6-8-9;7-4-2-1-3-5(8)6(4)9;2*1-5-3-4-6(2)7-5;1-5(2,3)4;;/h5-17,26H,1-4H3;1-11,17H;5-9,13H,1-4H3;1,4-8H,2-3H3;1-3H;2*3-4H,1-2H3;1H,2-4H3;;/q;;-1;;;2*-1;;;. The maximum Gasteiger partial charge on any atom is 0.247 e. The molecule has 0 spiro atoms. The molecule has 0 unspecified atom stereocenters. The summed E-state index contributed by atoms with van der Waals surface area (Å²) >= 11 is 13.2. The van der Waals surface area contributed by atoms with Crippen molar-refractivity contribution in [2.24, 2.45) is 8.91 Å². The number of nitrogens with one attached hydrogen (secondary N) is 1. The number of rotatable bonds is 10. The van der Waals surface area contributed by atoms with Crippen LogP contribution in [0.2, 0.25) is 28.7 Å². The van der Waals surface area contributed by atoms with E-state index in [9.17, 15) is 10.2 Å². The zero-order valence-electron chi connectivity index (χ0n) is 60.0. The van der Waals surface area contributed by atoms with E-state index in [1.807, 2.05) is 162 Å². The molecule has 10 aromatic carbocycles. The van der Waals surface area contributed by atoms with Crippen molar-refractivity contribution >= 4 is 84.0 Å². The van der Waals surface area contributed by atoms with Crippen molar-refractivity contribution in [1.82, 2.24) is 9.97 Å². The van der Waals surface area contributed by atoms with Gasteiger partial charge in [-0.2, -0.15) is 22.8 Å². The van der Waals surface area contributed by atoms with Crippen molar-refractivity contribution < 1.29 is 51.9 Å². The molecule has 12 heteroatoms. The van der Waals surface area contributed by atoms with E-state index in [0.717, 1.165) is 106 Å². The monoisotopic (exact) mass is 1610 g/mol. The SMILES string of the molecule is CC(C)(C)[CH]=[W]=[N]c1c(Cl)cccc1Cl.CC(C)([CH]=[Mo])c1ccccc1.CC(C)[Si](C)(C)Oc1cccc2cccc(-c3cccc4cccc(O)c34)c12.CC(C)c1cccc(C(C)C)c1[NH-].Cc1ccc(C)[n-]1.Cc1ccc(C)[n-]1.Oc1cccc2cccc(-c3ccccc3)c12. The molecular formula is C86H97Cl2MoN4O3SiW-3. The molecule has 0 bridgehead atoms. The van der Waals surface area contributed by atoms with Gasteiger partial charge in [0, 0.05) is 16.2 Å². The maximum absolute atomic E-state index is 10.6. The van der Waals surface area contributed by atoms with Gasteiger partial charge < -0.3 is 30.3 Å². The Balaban J connectivity index is 0.000000190. The van der Waals surface area contributed by atoms with Crippen LogP contribution in [-0.2, 0) is 42.7 Å². The predicted octanol–water partition coefficient (Wildman–Crippen LogP) is 25.8. The molecular weight excluding hydrogens is 1520 g/mol. The van der Waals surface area contributed by atoms with E-state index in [0.29, 0.717) is 38.9 Å². The minimum atomic E-state index is -1.88. The number of hydrogen-bond donors (Lipinski definition) is 2. The van der Waals surface area contributed by atoms with E-state index in [1.54, 1.807) is 12.1 Å². The molecule has 0 fully saturated rings. The molecule has 0 aliphatic heterocycles. The molecule has 512 valence electrons. The van der Waals surface area contributed by atoms with E-state index in [2.05, 4.69) is 215 Å². The van der Waals surface area contributed by atoms with E-state index in [-0.39, 0.29) is 10.8 Å². The third-order valence-corrected chi connectivity index (χ3v) is 25.8. The Morgan fingerprint density at radius 1 is 0.490 bits per heavy atom. The van der Waals surface area contributed by atoms with Crippen molar-refractivity contribution in [2.45, 2.75) is 140 Å². The quantitative estimate of drug-likeness (QED) is 0.132. The molecule has 12 aromatic rings. The van der Waals surface area contributed by atoms with E-state index >= 15 is 0 Å². The van der Waals surface area contributed by atoms with Crippen LogP contribution in [0.25, 0.3) is 60.3 Å². The van der Waals surface area contributed by atoms with Crippen molar-refractivity contribution in [1.29, 1.82) is 0 Å². The van der Waals surface area contributed by atoms with Crippen molar-refractivity contribution in [3.8, 4) is 39.5 Å². The Labute approximate surface area is 614 Å². The van der Waals surface area contributed by atoms with Gasteiger partial charge >= 0.3 is 188 Å². The Hall–Kier alpha value is -7.55. The molecule has 2 aromatic heterocycles. The number of hydrogen-bond acceptors (Lipinski definition) is 4. The van der Waals surface area contributed by atoms with Gasteiger partial charge in [0.2, 0.25) is 8.32 Å². The number of aromatic hydroxyl groups is 2. The average molecular weight is 1610 g/mol. The van der Waals surface area contributed by atoms with E-state index in [1.165, 1.54) is 5.56 Å². The van der Waals surface area contributed by atoms with E-state index < -0.39 is 26.2 Å². The van der Waals surface area contributed by atoms with Crippen LogP contribution >= 0.6 is 23.2 Å². The first-order valence-electron chi connectivity index (χ1n) is 33.3. The number of aromatic nitrogens is 2. The fourth-order valence-corrected chi connectivity index (χ4v) is 14.8. The average Bonchev–Trinajstić information content (AvgIpc) is 1.00. The summed E-state index contributed by atoms with van der Waals surface area (Å²) in [7, 11) is -1.88. The largest absolute Gasteiger partial charge is 0.698 e. The van der Waals surface area contributed by atoms with Crippen LogP contribution in [0.1, 0.15) is 127 Å². The number of phenolic OH excluding ortho intramolecular Hbond substituents is 2. The number of phenols is 2. The molecule has 0 atom stereocenters. The van der Waals surface area contributed by atoms with Crippen LogP contribution in [0.15, 0.2) is 234 Å². The van der Waals surface area contributed by atoms with Crippen LogP contribution in [0.4, 0.5) is 11.4 Å². The summed E-state index contributed by atoms with van der Waals surface area (Å²) in [6, 6.07) is 76.5. The first kappa shape index (κ1) is 79.4. The number of fused-ring (bicyclic) bond motifs is 3. The third kappa shape index (κ3) is 23.6. The predicted molar refractivity (Wildman–Crippen MR) is 419 cm³/mol. The topological polar surface area (TPSA) is 114 Å². The number of halogens is 2. The molecule has 98 heavy (non-hydrogen) atoms. The molecule has 0 amide bonds. The van der Waals surface area contributed by atoms with Crippen LogP contribution in [-0.4, -0.2) is 27.3 Å². The van der Waals surface area contributed by atoms with Gasteiger partial charge in [-0.25, -0.2) is 0 Å². The summed E-state index contributed by atoms with van der Waals surface area (Å²) in [5.74, 6) is 2.48. The molecule has 3 N–H and O–H groups in total. The van der Waals surface area contributed by atoms with Gasteiger partial charge in [0.25, 0.3) is 0 Å². The fourth-order valence-electron chi connectivity index (χ4n) is 10.2. The van der Waals surface area contributed by atoms with Crippen molar-refractivity contribution in [2.75, 3.05) is 0 Å². The summed E-state index contributed by atoms with van der Waals surface area (Å²) in [6.45, 7) is 36.5. The maximum atomic E-state index is 10.6. The van der Waals surface area contributed by atoms with Crippen LogP contribution < -0.4 is 14.4 Å². The Morgan fingerprint density at radius 3 is 1.28 bits per heavy atom. The van der Waals surface area contributed by atoms with Gasteiger partial charge in [0.1, 0.15) is 17.2 Å². The molecule has 0 aliphatic rings. The molecule has 2 heterocycles. The second-order valence-corrected chi connectivity index (χ2v) is 35.5. The number of nitrogens with zero attached hydrogens (tertiary/aromatic N) is 3. The van der Waals surface area contributed by atoms with Crippen molar-refractivity contribution in [3.63, 3.8) is 0 Å². The van der Waals surface area contributed by atoms with Gasteiger partial charge in [0.05, 0.1) is 0 Å². The Bertz CT molecular complexity index is 4450. The zero-order valence-corrected chi connectivity index (χ0v) is 67.5. The van der Waals surface area contributed by atoms with Gasteiger partial charge in [-0.15, -0.1) is 5.69 Å². The molecule has 0 radical (unpaired) electrons. The Morgan fingerprint density at radius 2 is 0.867 bits per heavy atom. The van der Waals surface area contributed by atoms with E-state index in [4.69, 9.17) is 33.4 Å². The molecule has 7 nitrogen and oxygen atoms in total. The normalized spacial score (nSPS) is 11.0. The summed E-state index contributed by atoms with van der Waals surface area (Å²) in [5.41, 5.74) is 22.9. The van der Waals surface area contributed by atoms with Gasteiger partial charge in [-0.3, -0.25) is 0 Å². The first-order valence-corrected chi connectivity index (χ1v) is 41.2. The van der Waals surface area contributed by atoms with Gasteiger partial charge in [0.15, 0.2) is 0 Å². The third-order valence-electron chi connectivity index (χ3n) is 16.3. The summed E-state index contributed by atoms with van der Waals surface area (Å²) in [4.78, 5) is 8.22. The first-order chi connectivity index (χ1) is 46.4. The van der Waals surface area contributed by atoms with Crippen molar-refractivity contribution in [3.05, 3.63) is 286 Å². The second kappa shape index (κ2) is 37.6. The van der Waals surface area contributed by atoms with Gasteiger partial charge in [-0.1, -0.05) is 244 Å². The second-order valence-electron chi connectivity index (χ2n) is 27.3. The number of aryl methyl sites for hydroxylation is 4. The number of benzene rings is 10. The smallest absolute Gasteiger partial charge is 0.247 e. The molecule has 0 aliphatic carbocycles. The van der Waals surface area contributed by atoms with Gasteiger partial charge in [-0.05, 0) is 87.1 Å². The fraction of sp³-hybridized carbons (Fsp3) is 0.256. The van der Waals surface area contributed by atoms with Crippen LogP contribution in [0.3, 0.4) is 0 Å². The zero-order chi connectivity index (χ0) is 71.9. The molecule has 0 saturated heterocycles. The molecule has 12 rings (SSSR count). The summed E-state index contributed by atoms with van der Waals surface area (Å²) < 4.78 is 15.7. The Kier molecular flexibility index (Phi) is 30.5. The molecule has 0 saturated carbocycles. The van der Waals surface area contributed by atoms with Crippen LogP contribution in [0, 0.1) is 33.1 Å². The summed E-state index contributed by atoms with van der Waals surface area (Å²) in [6.07, 6.45) is 0. The minimum Gasteiger partial charge on any atom is -0.698 e. The minimum absolute atomic E-state index is 0.214. The summed E-state index contributed by atoms with van der Waals surface area (Å²) in [5, 5.41) is 28.0. The van der Waals surface area contributed by atoms with Crippen LogP contribution in [0.5, 0.6) is 17.2 Å².